The molecule has 2 aromatic rings. The van der Waals surface area contributed by atoms with Gasteiger partial charge < -0.3 is 5.11 Å². The fourth-order valence-corrected chi connectivity index (χ4v) is 4.95. The molecule has 3 heterocycles. The van der Waals surface area contributed by atoms with Crippen molar-refractivity contribution in [2.45, 2.75) is 45.2 Å². The Labute approximate surface area is 189 Å². The molecule has 0 radical (unpaired) electrons. The van der Waals surface area contributed by atoms with Gasteiger partial charge in [-0.05, 0) is 53.4 Å². The Balaban J connectivity index is 1.55. The van der Waals surface area contributed by atoms with Crippen molar-refractivity contribution in [1.29, 1.82) is 0 Å². The van der Waals surface area contributed by atoms with Gasteiger partial charge in [0.05, 0.1) is 17.6 Å². The van der Waals surface area contributed by atoms with Crippen molar-refractivity contribution in [2.24, 2.45) is 4.99 Å². The van der Waals surface area contributed by atoms with E-state index in [1.165, 1.54) is 12.8 Å². The molecule has 5 rings (SSSR count). The number of hydrazine groups is 1. The molecule has 0 unspecified atom stereocenters. The number of hydrogen-bond donors (Lipinski definition) is 3. The van der Waals surface area contributed by atoms with Gasteiger partial charge in [-0.15, -0.1) is 0 Å². The molecular formula is C21H26BrN7O2. The molecule has 2 aliphatic heterocycles. The van der Waals surface area contributed by atoms with Crippen LogP contribution < -0.4 is 15.8 Å². The summed E-state index contributed by atoms with van der Waals surface area (Å²) >= 11 is 3.39. The minimum atomic E-state index is -0.0892. The van der Waals surface area contributed by atoms with E-state index in [4.69, 9.17) is 4.98 Å². The van der Waals surface area contributed by atoms with Gasteiger partial charge in [-0.25, -0.2) is 5.43 Å². The molecule has 31 heavy (non-hydrogen) atoms. The molecule has 164 valence electrons. The van der Waals surface area contributed by atoms with Gasteiger partial charge in [0.1, 0.15) is 5.75 Å². The van der Waals surface area contributed by atoms with Crippen LogP contribution in [0.3, 0.4) is 0 Å². The lowest BCUT2D eigenvalue weighted by atomic mass is 10.2. The van der Waals surface area contributed by atoms with E-state index in [0.717, 1.165) is 18.4 Å². The number of rotatable bonds is 6. The molecule has 1 amide bonds. The Bertz CT molecular complexity index is 1040. The molecule has 1 fully saturated rings. The molecule has 0 spiro atoms. The first kappa shape index (κ1) is 20.3. The number of carbonyl (C=O) groups is 1. The largest absolute Gasteiger partial charge is 0.507 e. The maximum Gasteiger partial charge on any atom is 0.281 e. The summed E-state index contributed by atoms with van der Waals surface area (Å²) in [4.78, 5) is 26.6. The van der Waals surface area contributed by atoms with Crippen molar-refractivity contribution in [2.75, 3.05) is 30.0 Å². The molecular weight excluding hydrogens is 462 g/mol. The van der Waals surface area contributed by atoms with E-state index in [1.54, 1.807) is 11.0 Å². The van der Waals surface area contributed by atoms with Crippen LogP contribution in [0.25, 0.3) is 0 Å². The third-order valence-corrected chi connectivity index (χ3v) is 6.76. The number of nitrogens with one attached hydrogen (secondary N) is 2. The number of anilines is 2. The highest BCUT2D eigenvalue weighted by Gasteiger charge is 2.41. The lowest BCUT2D eigenvalue weighted by Crippen LogP contribution is -2.50. The number of amides is 1. The van der Waals surface area contributed by atoms with E-state index in [1.807, 2.05) is 28.5 Å². The highest BCUT2D eigenvalue weighted by molar-refractivity contribution is 9.10. The maximum atomic E-state index is 13.5. The summed E-state index contributed by atoms with van der Waals surface area (Å²) < 4.78 is 2.55. The quantitative estimate of drug-likeness (QED) is 0.541. The minimum absolute atomic E-state index is 0.0892. The highest BCUT2D eigenvalue weighted by Crippen LogP contribution is 2.34. The summed E-state index contributed by atoms with van der Waals surface area (Å²) in [5, 5.41) is 9.86. The first-order valence-corrected chi connectivity index (χ1v) is 11.6. The van der Waals surface area contributed by atoms with Gasteiger partial charge in [0.2, 0.25) is 11.9 Å². The number of aromatic hydroxyl groups is 1. The molecule has 0 bridgehead atoms. The van der Waals surface area contributed by atoms with Crippen molar-refractivity contribution in [3.05, 3.63) is 33.9 Å². The summed E-state index contributed by atoms with van der Waals surface area (Å²) in [5.74, 6) is 2.04. The Morgan fingerprint density at radius 1 is 1.29 bits per heavy atom. The molecule has 0 atom stereocenters. The second-order valence-corrected chi connectivity index (χ2v) is 8.97. The number of benzene rings is 1. The van der Waals surface area contributed by atoms with Gasteiger partial charge in [0.25, 0.3) is 5.91 Å². The first-order valence-electron chi connectivity index (χ1n) is 10.8. The summed E-state index contributed by atoms with van der Waals surface area (Å²) in [6.45, 7) is 4.31. The summed E-state index contributed by atoms with van der Waals surface area (Å²) in [7, 11) is 0. The molecule has 1 aliphatic carbocycles. The van der Waals surface area contributed by atoms with Crippen LogP contribution in [0.15, 0.2) is 27.7 Å². The van der Waals surface area contributed by atoms with E-state index in [9.17, 15) is 9.90 Å². The predicted octanol–water partition coefficient (Wildman–Crippen LogP) is 2.91. The SMILES string of the molecule is CCN1C(=O)c2c(nc(NNC3CCCC3)n2Cc2ccc(O)c(Br)c2)N2CCN=C12. The van der Waals surface area contributed by atoms with Crippen molar-refractivity contribution in [3.8, 4) is 5.75 Å². The second kappa shape index (κ2) is 8.16. The number of fused-ring (bicyclic) bond motifs is 3. The number of aromatic nitrogens is 2. The van der Waals surface area contributed by atoms with E-state index in [0.29, 0.717) is 60.1 Å². The van der Waals surface area contributed by atoms with Crippen LogP contribution in [0.5, 0.6) is 5.75 Å². The second-order valence-electron chi connectivity index (χ2n) is 8.11. The van der Waals surface area contributed by atoms with Crippen LogP contribution in [0.1, 0.15) is 48.7 Å². The van der Waals surface area contributed by atoms with Crippen molar-refractivity contribution in [3.63, 3.8) is 0 Å². The number of aliphatic imine (C=N–C) groups is 1. The Kier molecular flexibility index (Phi) is 5.35. The number of guanidine groups is 1. The fourth-order valence-electron chi connectivity index (χ4n) is 4.53. The predicted molar refractivity (Wildman–Crippen MR) is 123 cm³/mol. The van der Waals surface area contributed by atoms with Gasteiger partial charge in [0, 0.05) is 19.1 Å². The van der Waals surface area contributed by atoms with Gasteiger partial charge in [0.15, 0.2) is 11.5 Å². The lowest BCUT2D eigenvalue weighted by molar-refractivity contribution is 0.0836. The standard InChI is InChI=1S/C21H26BrN7O2/c1-2-27-19(31)17-18(28-10-9-23-21(27)28)24-20(26-25-14-5-3-4-6-14)29(17)12-13-7-8-16(30)15(22)11-13/h7-8,11,14,25,30H,2-6,9-10,12H2,1H3,(H,24,26). The third kappa shape index (κ3) is 3.57. The van der Waals surface area contributed by atoms with Crippen LogP contribution in [0.4, 0.5) is 11.8 Å². The zero-order valence-electron chi connectivity index (χ0n) is 17.4. The number of nitrogens with zero attached hydrogens (tertiary/aromatic N) is 5. The molecule has 10 heteroatoms. The van der Waals surface area contributed by atoms with Crippen molar-refractivity contribution >= 4 is 39.6 Å². The number of halogens is 1. The molecule has 1 aromatic carbocycles. The number of phenolic OH excluding ortho intramolecular Hbond substituents is 1. The van der Waals surface area contributed by atoms with Crippen LogP contribution in [0.2, 0.25) is 0 Å². The summed E-state index contributed by atoms with van der Waals surface area (Å²) in [5.41, 5.74) is 8.20. The minimum Gasteiger partial charge on any atom is -0.507 e. The van der Waals surface area contributed by atoms with Gasteiger partial charge in [-0.1, -0.05) is 18.9 Å². The average Bonchev–Trinajstić information content (AvgIpc) is 3.50. The van der Waals surface area contributed by atoms with Crippen molar-refractivity contribution in [1.82, 2.24) is 19.9 Å². The molecule has 9 nitrogen and oxygen atoms in total. The van der Waals surface area contributed by atoms with Gasteiger partial charge in [-0.3, -0.25) is 29.6 Å². The normalized spacial score (nSPS) is 18.4. The van der Waals surface area contributed by atoms with E-state index < -0.39 is 0 Å². The number of hydrogen-bond acceptors (Lipinski definition) is 7. The lowest BCUT2D eigenvalue weighted by Gasteiger charge is -2.32. The molecule has 1 aromatic heterocycles. The smallest absolute Gasteiger partial charge is 0.281 e. The molecule has 3 aliphatic rings. The maximum absolute atomic E-state index is 13.5. The number of imidazole rings is 1. The van der Waals surface area contributed by atoms with Gasteiger partial charge in [-0.2, -0.15) is 4.98 Å². The van der Waals surface area contributed by atoms with E-state index in [-0.39, 0.29) is 11.7 Å². The monoisotopic (exact) mass is 487 g/mol. The molecule has 3 N–H and O–H groups in total. The fraction of sp³-hybridized carbons (Fsp3) is 0.476. The Hall–Kier alpha value is -2.59. The number of phenols is 1. The highest BCUT2D eigenvalue weighted by atomic mass is 79.9. The zero-order chi connectivity index (χ0) is 21.5. The van der Waals surface area contributed by atoms with E-state index in [2.05, 4.69) is 31.8 Å². The van der Waals surface area contributed by atoms with Crippen LogP contribution in [-0.2, 0) is 6.54 Å². The molecule has 1 saturated carbocycles. The van der Waals surface area contributed by atoms with Crippen LogP contribution in [-0.4, -0.2) is 57.1 Å². The van der Waals surface area contributed by atoms with Crippen LogP contribution in [0, 0.1) is 0 Å². The zero-order valence-corrected chi connectivity index (χ0v) is 19.0. The van der Waals surface area contributed by atoms with E-state index >= 15 is 0 Å². The Morgan fingerprint density at radius 2 is 2.10 bits per heavy atom. The third-order valence-electron chi connectivity index (χ3n) is 6.12. The average molecular weight is 488 g/mol. The van der Waals surface area contributed by atoms with Crippen LogP contribution >= 0.6 is 15.9 Å². The number of carbonyl (C=O) groups excluding carboxylic acids is 1. The summed E-state index contributed by atoms with van der Waals surface area (Å²) in [6, 6.07) is 5.77. The first-order chi connectivity index (χ1) is 15.1. The van der Waals surface area contributed by atoms with Gasteiger partial charge >= 0.3 is 0 Å². The Morgan fingerprint density at radius 3 is 2.84 bits per heavy atom. The molecule has 0 saturated heterocycles. The topological polar surface area (TPSA) is 98.0 Å². The van der Waals surface area contributed by atoms with Crippen molar-refractivity contribution < 1.29 is 9.90 Å². The summed E-state index contributed by atoms with van der Waals surface area (Å²) in [6.07, 6.45) is 4.71.